The predicted octanol–water partition coefficient (Wildman–Crippen LogP) is 2.89. The van der Waals surface area contributed by atoms with Gasteiger partial charge in [0.1, 0.15) is 5.75 Å². The van der Waals surface area contributed by atoms with E-state index in [1.807, 2.05) is 5.10 Å². The maximum Gasteiger partial charge on any atom is 0.469 e. The van der Waals surface area contributed by atoms with Crippen molar-refractivity contribution in [3.63, 3.8) is 0 Å². The van der Waals surface area contributed by atoms with E-state index < -0.39 is 55.1 Å². The number of aromatic amines is 1. The normalized spacial score (nSPS) is 11.5. The van der Waals surface area contributed by atoms with Gasteiger partial charge in [0.05, 0.1) is 31.1 Å². The molecular weight excluding hydrogens is 538 g/mol. The third-order valence-corrected chi connectivity index (χ3v) is 5.30. The molecule has 0 radical (unpaired) electrons. The van der Waals surface area contributed by atoms with Crippen LogP contribution in [-0.4, -0.2) is 29.5 Å². The molecule has 17 heteroatoms. The average molecular weight is 550 g/mol. The smallest absolute Gasteiger partial charge is 0.449 e. The Balaban J connectivity index is 2.09. The number of nitrogens with one attached hydrogen (secondary N) is 1. The molecule has 2 heterocycles. The van der Waals surface area contributed by atoms with Crippen LogP contribution in [0.2, 0.25) is 10.2 Å². The van der Waals surface area contributed by atoms with Gasteiger partial charge in [-0.2, -0.15) is 10.4 Å². The third kappa shape index (κ3) is 6.49. The van der Waals surface area contributed by atoms with Gasteiger partial charge in [-0.15, -0.1) is 0 Å². The first kappa shape index (κ1) is 26.4. The summed E-state index contributed by atoms with van der Waals surface area (Å²) in [7, 11) is -4.97. The molecule has 1 aromatic carbocycles. The minimum atomic E-state index is -4.97. The van der Waals surface area contributed by atoms with Crippen molar-refractivity contribution < 1.29 is 32.4 Å². The molecule has 35 heavy (non-hydrogen) atoms. The molecule has 184 valence electrons. The fourth-order valence-corrected chi connectivity index (χ4v) is 3.51. The Morgan fingerprint density at radius 3 is 2.57 bits per heavy atom. The molecule has 0 saturated carbocycles. The summed E-state index contributed by atoms with van der Waals surface area (Å²) in [5.74, 6) is -1.11. The number of nitrogens with zero attached hydrogens (tertiary/aromatic N) is 4. The van der Waals surface area contributed by atoms with Gasteiger partial charge in [-0.1, -0.05) is 23.2 Å². The predicted molar refractivity (Wildman–Crippen MR) is 115 cm³/mol. The van der Waals surface area contributed by atoms with Crippen LogP contribution in [-0.2, 0) is 22.2 Å². The van der Waals surface area contributed by atoms with Crippen LogP contribution in [0, 0.1) is 11.3 Å². The molecule has 0 amide bonds. The maximum absolute atomic E-state index is 13.5. The molecule has 3 rings (SSSR count). The molecule has 0 aliphatic rings. The van der Waals surface area contributed by atoms with Gasteiger partial charge in [0.2, 0.25) is 5.75 Å². The van der Waals surface area contributed by atoms with Crippen molar-refractivity contribution in [1.29, 1.82) is 5.26 Å². The first-order valence-corrected chi connectivity index (χ1v) is 11.4. The first-order valence-electron chi connectivity index (χ1n) is 9.11. The number of rotatable bonds is 8. The number of phosphoric acid groups is 1. The Labute approximate surface area is 203 Å². The Bertz CT molecular complexity index is 1490. The lowest BCUT2D eigenvalue weighted by molar-refractivity contribution is 0.141. The Morgan fingerprint density at radius 2 is 1.94 bits per heavy atom. The number of ether oxygens (including phenoxy) is 1. The number of aromatic nitrogens is 4. The molecule has 3 aromatic rings. The molecule has 0 aliphatic carbocycles. The van der Waals surface area contributed by atoms with Crippen molar-refractivity contribution in [2.45, 2.75) is 19.6 Å². The second-order valence-corrected chi connectivity index (χ2v) is 8.68. The van der Waals surface area contributed by atoms with Gasteiger partial charge in [-0.3, -0.25) is 18.7 Å². The molecule has 0 unspecified atom stereocenters. The Kier molecular flexibility index (Phi) is 8.01. The summed E-state index contributed by atoms with van der Waals surface area (Å²) in [6.45, 7) is -1.49. The molecule has 0 saturated heterocycles. The van der Waals surface area contributed by atoms with Gasteiger partial charge >= 0.3 is 7.82 Å². The zero-order valence-corrected chi connectivity index (χ0v) is 19.4. The van der Waals surface area contributed by atoms with E-state index in [1.54, 1.807) is 6.07 Å². The molecule has 3 N–H and O–H groups in total. The summed E-state index contributed by atoms with van der Waals surface area (Å²) in [6.07, 6.45) is -2.51. The summed E-state index contributed by atoms with van der Waals surface area (Å²) in [6, 6.07) is 5.41. The van der Waals surface area contributed by atoms with Crippen LogP contribution in [0.4, 0.5) is 8.78 Å². The highest BCUT2D eigenvalue weighted by molar-refractivity contribution is 7.46. The van der Waals surface area contributed by atoms with E-state index in [-0.39, 0.29) is 27.5 Å². The van der Waals surface area contributed by atoms with E-state index in [1.165, 1.54) is 12.1 Å². The van der Waals surface area contributed by atoms with Crippen LogP contribution < -0.4 is 15.9 Å². The highest BCUT2D eigenvalue weighted by Crippen LogP contribution is 2.38. The first-order chi connectivity index (χ1) is 16.4. The van der Waals surface area contributed by atoms with Crippen molar-refractivity contribution >= 4 is 31.0 Å². The SMILES string of the molecule is N#Cc1cc(Cl)cc(Oc2c(C(F)F)ncn(Cc3c(COP(=O)(O)O)c(Cl)n[nH]c3=O)c2=O)c1. The molecule has 12 nitrogen and oxygen atoms in total. The van der Waals surface area contributed by atoms with Crippen molar-refractivity contribution in [2.24, 2.45) is 0 Å². The van der Waals surface area contributed by atoms with Crippen molar-refractivity contribution in [3.05, 3.63) is 77.8 Å². The minimum absolute atomic E-state index is 0.0305. The van der Waals surface area contributed by atoms with E-state index in [4.69, 9.17) is 43.0 Å². The van der Waals surface area contributed by atoms with Gasteiger partial charge in [0, 0.05) is 16.1 Å². The lowest BCUT2D eigenvalue weighted by atomic mass is 10.1. The van der Waals surface area contributed by atoms with E-state index in [0.717, 1.165) is 17.0 Å². The lowest BCUT2D eigenvalue weighted by Crippen LogP contribution is -2.28. The van der Waals surface area contributed by atoms with Gasteiger partial charge in [-0.25, -0.2) is 23.4 Å². The van der Waals surface area contributed by atoms with Gasteiger partial charge in [-0.05, 0) is 18.2 Å². The number of halogens is 4. The molecule has 0 spiro atoms. The summed E-state index contributed by atoms with van der Waals surface area (Å²) in [5, 5.41) is 14.2. The summed E-state index contributed by atoms with van der Waals surface area (Å²) in [5.41, 5.74) is -3.62. The van der Waals surface area contributed by atoms with Crippen molar-refractivity contribution in [2.75, 3.05) is 0 Å². The van der Waals surface area contributed by atoms with Crippen LogP contribution in [0.5, 0.6) is 11.5 Å². The van der Waals surface area contributed by atoms with Crippen molar-refractivity contribution in [3.8, 4) is 17.6 Å². The number of nitriles is 1. The summed E-state index contributed by atoms with van der Waals surface area (Å²) in [4.78, 5) is 46.8. The quantitative estimate of drug-likeness (QED) is 0.353. The van der Waals surface area contributed by atoms with Crippen LogP contribution in [0.15, 0.2) is 34.1 Å². The summed E-state index contributed by atoms with van der Waals surface area (Å²) >= 11 is 11.8. The van der Waals surface area contributed by atoms with Crippen LogP contribution >= 0.6 is 31.0 Å². The minimum Gasteiger partial charge on any atom is -0.449 e. The number of hydrogen-bond acceptors (Lipinski definition) is 8. The van der Waals surface area contributed by atoms with Gasteiger partial charge in [0.15, 0.2) is 10.8 Å². The highest BCUT2D eigenvalue weighted by Gasteiger charge is 2.24. The maximum atomic E-state index is 13.5. The van der Waals surface area contributed by atoms with Gasteiger partial charge < -0.3 is 14.5 Å². The molecule has 0 bridgehead atoms. The molecule has 0 fully saturated rings. The third-order valence-electron chi connectivity index (χ3n) is 4.30. The van der Waals surface area contributed by atoms with Crippen LogP contribution in [0.1, 0.15) is 28.8 Å². The van der Waals surface area contributed by atoms with Crippen LogP contribution in [0.3, 0.4) is 0 Å². The number of H-pyrrole nitrogens is 1. The molecule has 0 atom stereocenters. The van der Waals surface area contributed by atoms with Gasteiger partial charge in [0.25, 0.3) is 17.5 Å². The number of hydrogen-bond donors (Lipinski definition) is 3. The zero-order valence-electron chi connectivity index (χ0n) is 17.0. The standard InChI is InChI=1S/C18H12Cl2F2N5O7P/c19-9-1-8(4-23)2-10(3-9)34-14-13(16(21)22)24-7-27(18(14)29)5-11-12(6-33-35(30,31)32)15(20)25-26-17(11)28/h1-3,7,16H,5-6H2,(H,26,28)(H2,30,31,32). The fourth-order valence-electron chi connectivity index (χ4n) is 2.78. The lowest BCUT2D eigenvalue weighted by Gasteiger charge is -2.15. The Morgan fingerprint density at radius 1 is 1.23 bits per heavy atom. The number of benzene rings is 1. The number of alkyl halides is 2. The molecule has 2 aromatic heterocycles. The van der Waals surface area contributed by atoms with Crippen molar-refractivity contribution in [1.82, 2.24) is 19.7 Å². The topological polar surface area (TPSA) is 180 Å². The van der Waals surface area contributed by atoms with E-state index in [0.29, 0.717) is 0 Å². The number of phosphoric ester groups is 1. The van der Waals surface area contributed by atoms with E-state index in [9.17, 15) is 22.9 Å². The monoisotopic (exact) mass is 549 g/mol. The zero-order chi connectivity index (χ0) is 25.9. The van der Waals surface area contributed by atoms with Crippen LogP contribution in [0.25, 0.3) is 0 Å². The highest BCUT2D eigenvalue weighted by atomic mass is 35.5. The average Bonchev–Trinajstić information content (AvgIpc) is 2.77. The Hall–Kier alpha value is -3.18. The fraction of sp³-hybridized carbons (Fsp3) is 0.167. The van der Waals surface area contributed by atoms with E-state index in [2.05, 4.69) is 14.6 Å². The molecular formula is C18H12Cl2F2N5O7P. The summed E-state index contributed by atoms with van der Waals surface area (Å²) < 4.78 is 48.6. The second-order valence-electron chi connectivity index (χ2n) is 6.65. The second kappa shape index (κ2) is 10.6. The largest absolute Gasteiger partial charge is 0.469 e. The van der Waals surface area contributed by atoms with E-state index >= 15 is 0 Å². The molecule has 0 aliphatic heterocycles.